The molecule has 0 radical (unpaired) electrons. The highest BCUT2D eigenvalue weighted by Crippen LogP contribution is 2.24. The lowest BCUT2D eigenvalue weighted by molar-refractivity contribution is -0.120. The molecule has 0 saturated carbocycles. The average molecular weight is 400 g/mol. The number of aromatic amines is 1. The summed E-state index contributed by atoms with van der Waals surface area (Å²) in [5.74, 6) is 0.875. The summed E-state index contributed by atoms with van der Waals surface area (Å²) in [5, 5.41) is 7.30. The molecule has 1 aliphatic rings. The number of hydrogen-bond acceptors (Lipinski definition) is 4. The van der Waals surface area contributed by atoms with Crippen molar-refractivity contribution in [3.63, 3.8) is 0 Å². The van der Waals surface area contributed by atoms with E-state index in [1.807, 2.05) is 68.0 Å². The molecule has 5 rings (SSSR count). The topological polar surface area (TPSA) is 78.8 Å². The van der Waals surface area contributed by atoms with Crippen LogP contribution in [0.3, 0.4) is 0 Å². The molecule has 2 aromatic heterocycles. The van der Waals surface area contributed by atoms with Gasteiger partial charge in [-0.25, -0.2) is 4.98 Å². The lowest BCUT2D eigenvalue weighted by Gasteiger charge is -2.23. The van der Waals surface area contributed by atoms with E-state index in [1.54, 1.807) is 4.68 Å². The standard InChI is InChI=1S/C23H24N6O/c1-28-14-16(13-24-28)15-29-12-4-7-21(29)23(30)25-18-10-8-17(9-11-18)22-26-19-5-2-3-6-20(19)27-22/h2-3,5-6,8-11,13-14,21H,4,7,12,15H2,1H3,(H,25,30)(H,26,27). The highest BCUT2D eigenvalue weighted by Gasteiger charge is 2.30. The summed E-state index contributed by atoms with van der Waals surface area (Å²) in [5.41, 5.74) is 4.88. The lowest BCUT2D eigenvalue weighted by atomic mass is 10.1. The number of fused-ring (bicyclic) bond motifs is 1. The van der Waals surface area contributed by atoms with E-state index >= 15 is 0 Å². The number of likely N-dealkylation sites (tertiary alicyclic amines) is 1. The number of aryl methyl sites for hydroxylation is 1. The Kier molecular flexibility index (Phi) is 4.80. The summed E-state index contributed by atoms with van der Waals surface area (Å²) in [6, 6.07) is 15.7. The molecule has 0 bridgehead atoms. The van der Waals surface area contributed by atoms with E-state index in [9.17, 15) is 4.79 Å². The largest absolute Gasteiger partial charge is 0.338 e. The molecule has 3 heterocycles. The van der Waals surface area contributed by atoms with Gasteiger partial charge in [0, 0.05) is 36.6 Å². The maximum Gasteiger partial charge on any atom is 0.241 e. The Hall–Kier alpha value is -3.45. The number of carbonyl (C=O) groups excluding carboxylic acids is 1. The van der Waals surface area contributed by atoms with Crippen molar-refractivity contribution in [2.24, 2.45) is 7.05 Å². The second kappa shape index (κ2) is 7.76. The highest BCUT2D eigenvalue weighted by atomic mass is 16.2. The highest BCUT2D eigenvalue weighted by molar-refractivity contribution is 5.95. The van der Waals surface area contributed by atoms with Crippen molar-refractivity contribution < 1.29 is 4.79 Å². The van der Waals surface area contributed by atoms with Crippen LogP contribution in [0.25, 0.3) is 22.4 Å². The fraction of sp³-hybridized carbons (Fsp3) is 0.261. The molecule has 7 nitrogen and oxygen atoms in total. The molecular formula is C23H24N6O. The van der Waals surface area contributed by atoms with Gasteiger partial charge in [0.25, 0.3) is 0 Å². The molecule has 1 atom stereocenters. The SMILES string of the molecule is Cn1cc(CN2CCCC2C(=O)Nc2ccc(-c3nc4ccccc4[nH]3)cc2)cn1. The van der Waals surface area contributed by atoms with Crippen molar-refractivity contribution in [2.45, 2.75) is 25.4 Å². The molecule has 1 unspecified atom stereocenters. The second-order valence-corrected chi connectivity index (χ2v) is 7.82. The molecule has 30 heavy (non-hydrogen) atoms. The van der Waals surface area contributed by atoms with E-state index in [0.29, 0.717) is 0 Å². The number of amides is 1. The molecule has 2 N–H and O–H groups in total. The molecular weight excluding hydrogens is 376 g/mol. The van der Waals surface area contributed by atoms with Crippen LogP contribution in [-0.2, 0) is 18.4 Å². The fourth-order valence-electron chi connectivity index (χ4n) is 4.13. The first-order valence-electron chi connectivity index (χ1n) is 10.2. The zero-order chi connectivity index (χ0) is 20.5. The van der Waals surface area contributed by atoms with Crippen molar-refractivity contribution in [1.82, 2.24) is 24.6 Å². The Morgan fingerprint density at radius 2 is 2.03 bits per heavy atom. The minimum absolute atomic E-state index is 0.0490. The third-order valence-electron chi connectivity index (χ3n) is 5.63. The lowest BCUT2D eigenvalue weighted by Crippen LogP contribution is -2.39. The summed E-state index contributed by atoms with van der Waals surface area (Å²) in [7, 11) is 1.91. The molecule has 1 fully saturated rings. The average Bonchev–Trinajstić information content (AvgIpc) is 3.48. The molecule has 2 aromatic carbocycles. The normalized spacial score (nSPS) is 16.9. The maximum atomic E-state index is 12.9. The molecule has 0 aliphatic carbocycles. The smallest absolute Gasteiger partial charge is 0.241 e. The van der Waals surface area contributed by atoms with Gasteiger partial charge in [0.1, 0.15) is 5.82 Å². The number of rotatable bonds is 5. The van der Waals surface area contributed by atoms with Crippen LogP contribution in [0.15, 0.2) is 60.9 Å². The van der Waals surface area contributed by atoms with Gasteiger partial charge in [0.05, 0.1) is 23.3 Å². The summed E-state index contributed by atoms with van der Waals surface area (Å²) in [6.45, 7) is 1.68. The van der Waals surface area contributed by atoms with E-state index in [0.717, 1.165) is 59.6 Å². The Bertz CT molecular complexity index is 1140. The summed E-state index contributed by atoms with van der Waals surface area (Å²) in [6.07, 6.45) is 5.78. The first kappa shape index (κ1) is 18.6. The van der Waals surface area contributed by atoms with Crippen LogP contribution in [0.4, 0.5) is 5.69 Å². The van der Waals surface area contributed by atoms with Crippen LogP contribution in [0, 0.1) is 0 Å². The zero-order valence-electron chi connectivity index (χ0n) is 16.9. The van der Waals surface area contributed by atoms with Crippen LogP contribution in [0.5, 0.6) is 0 Å². The number of nitrogens with zero attached hydrogens (tertiary/aromatic N) is 4. The van der Waals surface area contributed by atoms with Gasteiger partial charge in [0.15, 0.2) is 0 Å². The van der Waals surface area contributed by atoms with Gasteiger partial charge in [-0.05, 0) is 55.8 Å². The second-order valence-electron chi connectivity index (χ2n) is 7.82. The molecule has 7 heteroatoms. The van der Waals surface area contributed by atoms with Gasteiger partial charge in [-0.2, -0.15) is 5.10 Å². The van der Waals surface area contributed by atoms with E-state index in [4.69, 9.17) is 0 Å². The van der Waals surface area contributed by atoms with Gasteiger partial charge < -0.3 is 10.3 Å². The minimum Gasteiger partial charge on any atom is -0.338 e. The first-order valence-corrected chi connectivity index (χ1v) is 10.2. The third kappa shape index (κ3) is 3.71. The van der Waals surface area contributed by atoms with Gasteiger partial charge in [-0.15, -0.1) is 0 Å². The fourth-order valence-corrected chi connectivity index (χ4v) is 4.13. The Labute approximate surface area is 174 Å². The van der Waals surface area contributed by atoms with Gasteiger partial charge in [-0.3, -0.25) is 14.4 Å². The number of aromatic nitrogens is 4. The van der Waals surface area contributed by atoms with Crippen LogP contribution >= 0.6 is 0 Å². The minimum atomic E-state index is -0.111. The molecule has 0 spiro atoms. The number of anilines is 1. The molecule has 1 aliphatic heterocycles. The van der Waals surface area contributed by atoms with Crippen LogP contribution < -0.4 is 5.32 Å². The van der Waals surface area contributed by atoms with Gasteiger partial charge in [0.2, 0.25) is 5.91 Å². The Balaban J connectivity index is 1.26. The number of carbonyl (C=O) groups is 1. The predicted molar refractivity (Wildman–Crippen MR) is 117 cm³/mol. The van der Waals surface area contributed by atoms with E-state index < -0.39 is 0 Å². The zero-order valence-corrected chi connectivity index (χ0v) is 16.9. The quantitative estimate of drug-likeness (QED) is 0.537. The van der Waals surface area contributed by atoms with Crippen molar-refractivity contribution >= 4 is 22.6 Å². The summed E-state index contributed by atoms with van der Waals surface area (Å²) in [4.78, 5) is 23.1. The van der Waals surface area contributed by atoms with Gasteiger partial charge >= 0.3 is 0 Å². The molecule has 1 amide bonds. The maximum absolute atomic E-state index is 12.9. The molecule has 1 saturated heterocycles. The van der Waals surface area contributed by atoms with Crippen LogP contribution in [-0.4, -0.2) is 43.1 Å². The molecule has 4 aromatic rings. The van der Waals surface area contributed by atoms with Crippen molar-refractivity contribution in [3.05, 3.63) is 66.5 Å². The number of H-pyrrole nitrogens is 1. The number of hydrogen-bond donors (Lipinski definition) is 2. The monoisotopic (exact) mass is 400 g/mol. The summed E-state index contributed by atoms with van der Waals surface area (Å²) >= 11 is 0. The van der Waals surface area contributed by atoms with Crippen molar-refractivity contribution in [1.29, 1.82) is 0 Å². The van der Waals surface area contributed by atoms with Gasteiger partial charge in [-0.1, -0.05) is 12.1 Å². The van der Waals surface area contributed by atoms with E-state index in [1.165, 1.54) is 0 Å². The third-order valence-corrected chi connectivity index (χ3v) is 5.63. The predicted octanol–water partition coefficient (Wildman–Crippen LogP) is 3.57. The first-order chi connectivity index (χ1) is 14.7. The van der Waals surface area contributed by atoms with Crippen LogP contribution in [0.1, 0.15) is 18.4 Å². The Morgan fingerprint density at radius 1 is 1.20 bits per heavy atom. The Morgan fingerprint density at radius 3 is 2.80 bits per heavy atom. The number of para-hydroxylation sites is 2. The van der Waals surface area contributed by atoms with E-state index in [2.05, 4.69) is 25.3 Å². The van der Waals surface area contributed by atoms with Crippen molar-refractivity contribution in [2.75, 3.05) is 11.9 Å². The summed E-state index contributed by atoms with van der Waals surface area (Å²) < 4.78 is 1.80. The number of imidazole rings is 1. The number of nitrogens with one attached hydrogen (secondary N) is 2. The van der Waals surface area contributed by atoms with Crippen LogP contribution in [0.2, 0.25) is 0 Å². The number of benzene rings is 2. The van der Waals surface area contributed by atoms with E-state index in [-0.39, 0.29) is 11.9 Å². The van der Waals surface area contributed by atoms with Crippen molar-refractivity contribution in [3.8, 4) is 11.4 Å². The molecule has 152 valence electrons.